The number of aliphatic carboxylic acids is 1. The number of carboxylic acid groups (broad SMARTS) is 1. The molecular formula is C13H16N2O6. The van der Waals surface area contributed by atoms with E-state index in [0.29, 0.717) is 0 Å². The molecule has 114 valence electrons. The minimum atomic E-state index is -1.18. The molecule has 0 heterocycles. The third kappa shape index (κ3) is 4.44. The van der Waals surface area contributed by atoms with Gasteiger partial charge in [-0.05, 0) is 24.5 Å². The maximum Gasteiger partial charge on any atom is 0.326 e. The van der Waals surface area contributed by atoms with Gasteiger partial charge in [0.05, 0.1) is 4.92 Å². The van der Waals surface area contributed by atoms with Gasteiger partial charge in [0.1, 0.15) is 6.04 Å². The Labute approximate surface area is 120 Å². The van der Waals surface area contributed by atoms with Gasteiger partial charge in [0.15, 0.2) is 5.75 Å². The molecule has 1 rings (SSSR count). The fourth-order valence-electron chi connectivity index (χ4n) is 1.75. The molecule has 0 fully saturated rings. The van der Waals surface area contributed by atoms with E-state index >= 15 is 0 Å². The van der Waals surface area contributed by atoms with Crippen LogP contribution in [-0.2, 0) is 4.79 Å². The molecule has 1 aromatic rings. The highest BCUT2D eigenvalue weighted by Gasteiger charge is 2.23. The fourth-order valence-corrected chi connectivity index (χ4v) is 1.75. The lowest BCUT2D eigenvalue weighted by Gasteiger charge is -2.16. The van der Waals surface area contributed by atoms with E-state index in [2.05, 4.69) is 5.32 Å². The smallest absolute Gasteiger partial charge is 0.326 e. The van der Waals surface area contributed by atoms with Gasteiger partial charge in [-0.3, -0.25) is 14.9 Å². The van der Waals surface area contributed by atoms with Crippen molar-refractivity contribution >= 4 is 17.6 Å². The van der Waals surface area contributed by atoms with Gasteiger partial charge in [-0.2, -0.15) is 0 Å². The number of hydrogen-bond acceptors (Lipinski definition) is 5. The summed E-state index contributed by atoms with van der Waals surface area (Å²) in [6.45, 7) is 3.63. The van der Waals surface area contributed by atoms with E-state index in [4.69, 9.17) is 5.11 Å². The summed E-state index contributed by atoms with van der Waals surface area (Å²) in [6.07, 6.45) is 0.237. The summed E-state index contributed by atoms with van der Waals surface area (Å²) in [5, 5.41) is 31.3. The van der Waals surface area contributed by atoms with Crippen molar-refractivity contribution in [3.05, 3.63) is 33.9 Å². The average molecular weight is 296 g/mol. The van der Waals surface area contributed by atoms with Crippen LogP contribution in [0.5, 0.6) is 5.75 Å². The van der Waals surface area contributed by atoms with Crippen LogP contribution in [0.3, 0.4) is 0 Å². The summed E-state index contributed by atoms with van der Waals surface area (Å²) < 4.78 is 0. The highest BCUT2D eigenvalue weighted by atomic mass is 16.6. The molecule has 0 bridgehead atoms. The van der Waals surface area contributed by atoms with Crippen molar-refractivity contribution in [2.24, 2.45) is 5.92 Å². The van der Waals surface area contributed by atoms with E-state index in [0.717, 1.165) is 12.1 Å². The second kappa shape index (κ2) is 6.69. The number of aromatic hydroxyl groups is 1. The van der Waals surface area contributed by atoms with Crippen LogP contribution in [0.15, 0.2) is 18.2 Å². The lowest BCUT2D eigenvalue weighted by Crippen LogP contribution is -2.41. The van der Waals surface area contributed by atoms with Crippen molar-refractivity contribution in [2.45, 2.75) is 26.3 Å². The van der Waals surface area contributed by atoms with Crippen LogP contribution in [-0.4, -0.2) is 33.1 Å². The standard InChI is InChI=1S/C13H16N2O6/c1-7(2)5-9(13(18)19)14-12(17)8-3-4-11(16)10(6-8)15(20)21/h3-4,6-7,9,16H,5H2,1-2H3,(H,14,17)(H,18,19)/t9-/m0/s1. The Morgan fingerprint density at radius 3 is 2.48 bits per heavy atom. The van der Waals surface area contributed by atoms with Crippen molar-refractivity contribution in [2.75, 3.05) is 0 Å². The number of carbonyl (C=O) groups is 2. The molecule has 1 aromatic carbocycles. The number of carbonyl (C=O) groups excluding carboxylic acids is 1. The number of hydrogen-bond donors (Lipinski definition) is 3. The summed E-state index contributed by atoms with van der Waals surface area (Å²) in [5.41, 5.74) is -0.701. The first kappa shape index (κ1) is 16.4. The Kier molecular flexibility index (Phi) is 5.23. The van der Waals surface area contributed by atoms with Crippen LogP contribution in [0.1, 0.15) is 30.6 Å². The van der Waals surface area contributed by atoms with Crippen molar-refractivity contribution in [3.63, 3.8) is 0 Å². The summed E-state index contributed by atoms with van der Waals surface area (Å²) >= 11 is 0. The van der Waals surface area contributed by atoms with E-state index in [1.54, 1.807) is 0 Å². The second-order valence-electron chi connectivity index (χ2n) is 4.95. The van der Waals surface area contributed by atoms with E-state index in [1.807, 2.05) is 13.8 Å². The first-order valence-electron chi connectivity index (χ1n) is 6.23. The van der Waals surface area contributed by atoms with Gasteiger partial charge in [0.25, 0.3) is 5.91 Å². The van der Waals surface area contributed by atoms with Gasteiger partial charge in [-0.15, -0.1) is 0 Å². The van der Waals surface area contributed by atoms with Crippen LogP contribution in [0.25, 0.3) is 0 Å². The highest BCUT2D eigenvalue weighted by Crippen LogP contribution is 2.26. The van der Waals surface area contributed by atoms with Gasteiger partial charge < -0.3 is 15.5 Å². The van der Waals surface area contributed by atoms with Gasteiger partial charge in [-0.25, -0.2) is 4.79 Å². The third-order valence-electron chi connectivity index (χ3n) is 2.74. The van der Waals surface area contributed by atoms with Gasteiger partial charge in [0.2, 0.25) is 0 Å². The molecule has 8 heteroatoms. The number of nitrogens with zero attached hydrogens (tertiary/aromatic N) is 1. The van der Waals surface area contributed by atoms with Crippen LogP contribution in [0.4, 0.5) is 5.69 Å². The van der Waals surface area contributed by atoms with E-state index in [-0.39, 0.29) is 17.9 Å². The molecule has 0 aliphatic carbocycles. The zero-order valence-electron chi connectivity index (χ0n) is 11.6. The molecule has 0 aromatic heterocycles. The number of carboxylic acids is 1. The Bertz CT molecular complexity index is 570. The lowest BCUT2D eigenvalue weighted by atomic mass is 10.0. The summed E-state index contributed by atoms with van der Waals surface area (Å²) in [5.74, 6) is -2.43. The third-order valence-corrected chi connectivity index (χ3v) is 2.74. The minimum absolute atomic E-state index is 0.0561. The van der Waals surface area contributed by atoms with E-state index < -0.39 is 34.3 Å². The van der Waals surface area contributed by atoms with Crippen molar-refractivity contribution < 1.29 is 24.7 Å². The second-order valence-corrected chi connectivity index (χ2v) is 4.95. The average Bonchev–Trinajstić information content (AvgIpc) is 2.37. The molecule has 21 heavy (non-hydrogen) atoms. The van der Waals surface area contributed by atoms with Crippen molar-refractivity contribution in [3.8, 4) is 5.75 Å². The van der Waals surface area contributed by atoms with E-state index in [1.165, 1.54) is 6.07 Å². The molecule has 0 aliphatic heterocycles. The first-order chi connectivity index (χ1) is 9.72. The molecule has 0 unspecified atom stereocenters. The maximum atomic E-state index is 11.9. The molecule has 8 nitrogen and oxygen atoms in total. The van der Waals surface area contributed by atoms with Gasteiger partial charge >= 0.3 is 11.7 Å². The first-order valence-corrected chi connectivity index (χ1v) is 6.23. The molecule has 0 saturated heterocycles. The fraction of sp³-hybridized carbons (Fsp3) is 0.385. The molecule has 0 saturated carbocycles. The molecule has 1 amide bonds. The predicted octanol–water partition coefficient (Wildman–Crippen LogP) is 1.53. The van der Waals surface area contributed by atoms with Crippen LogP contribution in [0.2, 0.25) is 0 Å². The maximum absolute atomic E-state index is 11.9. The number of amides is 1. The number of benzene rings is 1. The Balaban J connectivity index is 2.95. The van der Waals surface area contributed by atoms with Crippen molar-refractivity contribution in [1.29, 1.82) is 0 Å². The summed E-state index contributed by atoms with van der Waals surface area (Å²) in [6, 6.07) is 2.03. The quantitative estimate of drug-likeness (QED) is 0.539. The Morgan fingerprint density at radius 2 is 2.00 bits per heavy atom. The molecule has 0 radical (unpaired) electrons. The summed E-state index contributed by atoms with van der Waals surface area (Å²) in [7, 11) is 0. The zero-order valence-corrected chi connectivity index (χ0v) is 11.6. The summed E-state index contributed by atoms with van der Waals surface area (Å²) in [4.78, 5) is 32.9. The number of rotatable bonds is 6. The SMILES string of the molecule is CC(C)C[C@H](NC(=O)c1ccc(O)c([N+](=O)[O-])c1)C(=O)O. The number of nitro groups is 1. The minimum Gasteiger partial charge on any atom is -0.502 e. The number of nitro benzene ring substituents is 1. The lowest BCUT2D eigenvalue weighted by molar-refractivity contribution is -0.385. The number of phenols is 1. The molecule has 0 spiro atoms. The van der Waals surface area contributed by atoms with Crippen LogP contribution >= 0.6 is 0 Å². The van der Waals surface area contributed by atoms with Gasteiger partial charge in [0, 0.05) is 11.6 Å². The molecular weight excluding hydrogens is 280 g/mol. The monoisotopic (exact) mass is 296 g/mol. The topological polar surface area (TPSA) is 130 Å². The Morgan fingerprint density at radius 1 is 1.38 bits per heavy atom. The Hall–Kier alpha value is -2.64. The zero-order chi connectivity index (χ0) is 16.2. The largest absolute Gasteiger partial charge is 0.502 e. The van der Waals surface area contributed by atoms with Crippen LogP contribution in [0, 0.1) is 16.0 Å². The number of nitrogens with one attached hydrogen (secondary N) is 1. The molecule has 1 atom stereocenters. The van der Waals surface area contributed by atoms with Crippen LogP contribution < -0.4 is 5.32 Å². The van der Waals surface area contributed by atoms with E-state index in [9.17, 15) is 24.8 Å². The van der Waals surface area contributed by atoms with Gasteiger partial charge in [-0.1, -0.05) is 13.8 Å². The normalized spacial score (nSPS) is 12.0. The highest BCUT2D eigenvalue weighted by molar-refractivity contribution is 5.97. The number of phenolic OH excluding ortho intramolecular Hbond substituents is 1. The molecule has 3 N–H and O–H groups in total. The van der Waals surface area contributed by atoms with Crippen molar-refractivity contribution in [1.82, 2.24) is 5.32 Å². The molecule has 0 aliphatic rings. The predicted molar refractivity (Wildman–Crippen MR) is 73.1 cm³/mol.